The van der Waals surface area contributed by atoms with Gasteiger partial charge in [0.2, 0.25) is 5.91 Å². The minimum atomic E-state index is -0.491. The van der Waals surface area contributed by atoms with Crippen molar-refractivity contribution < 1.29 is 14.0 Å². The van der Waals surface area contributed by atoms with Gasteiger partial charge in [0.05, 0.1) is 0 Å². The SMILES string of the molecule is CN1CC[C@H](NC(=O)NCc2ccc(Br)cc2F)C1=O. The summed E-state index contributed by atoms with van der Waals surface area (Å²) in [6.07, 6.45) is 0.593. The second kappa shape index (κ2) is 6.21. The molecule has 1 fully saturated rings. The molecule has 1 aromatic rings. The summed E-state index contributed by atoms with van der Waals surface area (Å²) < 4.78 is 14.2. The van der Waals surface area contributed by atoms with E-state index in [2.05, 4.69) is 26.6 Å². The number of nitrogens with one attached hydrogen (secondary N) is 2. The lowest BCUT2D eigenvalue weighted by atomic mass is 10.2. The van der Waals surface area contributed by atoms with Crippen LogP contribution in [0.3, 0.4) is 0 Å². The highest BCUT2D eigenvalue weighted by Crippen LogP contribution is 2.15. The highest BCUT2D eigenvalue weighted by Gasteiger charge is 2.30. The van der Waals surface area contributed by atoms with E-state index in [9.17, 15) is 14.0 Å². The number of benzene rings is 1. The third-order valence-corrected chi connectivity index (χ3v) is 3.68. The molecule has 1 aliphatic rings. The summed E-state index contributed by atoms with van der Waals surface area (Å²) in [7, 11) is 1.69. The summed E-state index contributed by atoms with van der Waals surface area (Å²) >= 11 is 3.17. The number of halogens is 2. The van der Waals surface area contributed by atoms with Crippen molar-refractivity contribution in [3.63, 3.8) is 0 Å². The molecule has 1 aliphatic heterocycles. The maximum Gasteiger partial charge on any atom is 0.315 e. The van der Waals surface area contributed by atoms with E-state index in [0.717, 1.165) is 0 Å². The van der Waals surface area contributed by atoms with Crippen LogP contribution in [0.5, 0.6) is 0 Å². The van der Waals surface area contributed by atoms with Gasteiger partial charge in [-0.05, 0) is 18.6 Å². The maximum atomic E-state index is 13.6. The van der Waals surface area contributed by atoms with E-state index in [0.29, 0.717) is 23.0 Å². The average Bonchev–Trinajstić information content (AvgIpc) is 2.70. The minimum absolute atomic E-state index is 0.0711. The molecule has 0 bridgehead atoms. The van der Waals surface area contributed by atoms with Gasteiger partial charge in [0.1, 0.15) is 11.9 Å². The standard InChI is InChI=1S/C13H15BrFN3O2/c1-18-5-4-11(12(18)19)17-13(20)16-7-8-2-3-9(14)6-10(8)15/h2-3,6,11H,4-5,7H2,1H3,(H2,16,17,20)/t11-/m0/s1. The van der Waals surface area contributed by atoms with Crippen LogP contribution in [0.15, 0.2) is 22.7 Å². The first-order valence-corrected chi connectivity index (χ1v) is 7.00. The van der Waals surface area contributed by atoms with Gasteiger partial charge in [0.15, 0.2) is 0 Å². The number of urea groups is 1. The molecular formula is C13H15BrFN3O2. The molecule has 0 radical (unpaired) electrons. The Hall–Kier alpha value is -1.63. The molecule has 2 N–H and O–H groups in total. The van der Waals surface area contributed by atoms with E-state index in [-0.39, 0.29) is 12.5 Å². The molecule has 5 nitrogen and oxygen atoms in total. The lowest BCUT2D eigenvalue weighted by molar-refractivity contribution is -0.128. The zero-order valence-corrected chi connectivity index (χ0v) is 12.5. The summed E-state index contributed by atoms with van der Waals surface area (Å²) in [5, 5.41) is 5.13. The number of carbonyl (C=O) groups is 2. The van der Waals surface area contributed by atoms with Crippen molar-refractivity contribution in [2.24, 2.45) is 0 Å². The summed E-state index contributed by atoms with van der Waals surface area (Å²) in [6.45, 7) is 0.701. The molecule has 1 saturated heterocycles. The molecule has 1 atom stereocenters. The zero-order chi connectivity index (χ0) is 14.7. The number of hydrogen-bond donors (Lipinski definition) is 2. The maximum absolute atomic E-state index is 13.6. The van der Waals surface area contributed by atoms with E-state index in [4.69, 9.17) is 0 Å². The molecule has 2 rings (SSSR count). The van der Waals surface area contributed by atoms with Gasteiger partial charge < -0.3 is 15.5 Å². The summed E-state index contributed by atoms with van der Waals surface area (Å²) in [6, 6.07) is 3.67. The fraction of sp³-hybridized carbons (Fsp3) is 0.385. The Labute approximate surface area is 124 Å². The van der Waals surface area contributed by atoms with Crippen LogP contribution < -0.4 is 10.6 Å². The van der Waals surface area contributed by atoms with Gasteiger partial charge in [-0.1, -0.05) is 22.0 Å². The predicted octanol–water partition coefficient (Wildman–Crippen LogP) is 1.62. The molecule has 0 spiro atoms. The Morgan fingerprint density at radius 3 is 2.90 bits per heavy atom. The highest BCUT2D eigenvalue weighted by molar-refractivity contribution is 9.10. The van der Waals surface area contributed by atoms with E-state index < -0.39 is 17.9 Å². The lowest BCUT2D eigenvalue weighted by Gasteiger charge is -2.13. The van der Waals surface area contributed by atoms with Crippen LogP contribution in [0.25, 0.3) is 0 Å². The number of nitrogens with zero attached hydrogens (tertiary/aromatic N) is 1. The number of hydrogen-bond acceptors (Lipinski definition) is 2. The van der Waals surface area contributed by atoms with Crippen LogP contribution in [0, 0.1) is 5.82 Å². The first kappa shape index (κ1) is 14.8. The van der Waals surface area contributed by atoms with Crippen LogP contribution in [0.2, 0.25) is 0 Å². The molecule has 20 heavy (non-hydrogen) atoms. The number of rotatable bonds is 3. The van der Waals surface area contributed by atoms with Gasteiger partial charge in [-0.2, -0.15) is 0 Å². The van der Waals surface area contributed by atoms with Crippen molar-refractivity contribution in [1.29, 1.82) is 0 Å². The number of amides is 3. The van der Waals surface area contributed by atoms with E-state index in [1.807, 2.05) is 0 Å². The van der Waals surface area contributed by atoms with Crippen molar-refractivity contribution >= 4 is 27.9 Å². The van der Waals surface area contributed by atoms with E-state index in [1.54, 1.807) is 24.1 Å². The van der Waals surface area contributed by atoms with Gasteiger partial charge in [0, 0.05) is 30.2 Å². The van der Waals surface area contributed by atoms with Crippen LogP contribution in [0.1, 0.15) is 12.0 Å². The van der Waals surface area contributed by atoms with Crippen molar-refractivity contribution in [2.75, 3.05) is 13.6 Å². The molecule has 7 heteroatoms. The minimum Gasteiger partial charge on any atom is -0.344 e. The van der Waals surface area contributed by atoms with Crippen molar-refractivity contribution in [3.8, 4) is 0 Å². The normalized spacial score (nSPS) is 18.2. The molecule has 3 amide bonds. The molecule has 0 unspecified atom stereocenters. The van der Waals surface area contributed by atoms with E-state index >= 15 is 0 Å². The van der Waals surface area contributed by atoms with Gasteiger partial charge >= 0.3 is 6.03 Å². The van der Waals surface area contributed by atoms with Crippen LogP contribution >= 0.6 is 15.9 Å². The quantitative estimate of drug-likeness (QED) is 0.875. The third kappa shape index (κ3) is 3.47. The summed E-state index contributed by atoms with van der Waals surface area (Å²) in [5.74, 6) is -0.494. The second-order valence-corrected chi connectivity index (χ2v) is 5.58. The Balaban J connectivity index is 1.85. The van der Waals surface area contributed by atoms with Crippen LogP contribution in [-0.2, 0) is 11.3 Å². The zero-order valence-electron chi connectivity index (χ0n) is 11.0. The number of likely N-dealkylation sites (tertiary alicyclic amines) is 1. The molecule has 1 heterocycles. The Morgan fingerprint density at radius 1 is 1.55 bits per heavy atom. The largest absolute Gasteiger partial charge is 0.344 e. The Kier molecular flexibility index (Phi) is 4.59. The van der Waals surface area contributed by atoms with Gasteiger partial charge in [0.25, 0.3) is 0 Å². The Morgan fingerprint density at radius 2 is 2.30 bits per heavy atom. The first-order valence-electron chi connectivity index (χ1n) is 6.20. The monoisotopic (exact) mass is 343 g/mol. The second-order valence-electron chi connectivity index (χ2n) is 4.66. The van der Waals surface area contributed by atoms with Crippen molar-refractivity contribution in [3.05, 3.63) is 34.1 Å². The number of carbonyl (C=O) groups excluding carboxylic acids is 2. The van der Waals surface area contributed by atoms with Gasteiger partial charge in [-0.25, -0.2) is 9.18 Å². The third-order valence-electron chi connectivity index (χ3n) is 3.19. The lowest BCUT2D eigenvalue weighted by Crippen LogP contribution is -2.45. The molecule has 108 valence electrons. The van der Waals surface area contributed by atoms with Crippen LogP contribution in [0.4, 0.5) is 9.18 Å². The number of likely N-dealkylation sites (N-methyl/N-ethyl adjacent to an activating group) is 1. The van der Waals surface area contributed by atoms with Gasteiger partial charge in [-0.15, -0.1) is 0 Å². The Bertz CT molecular complexity index is 538. The smallest absolute Gasteiger partial charge is 0.315 e. The molecular weight excluding hydrogens is 329 g/mol. The molecule has 1 aromatic carbocycles. The van der Waals surface area contributed by atoms with Crippen molar-refractivity contribution in [1.82, 2.24) is 15.5 Å². The average molecular weight is 344 g/mol. The predicted molar refractivity (Wildman–Crippen MR) is 75.5 cm³/mol. The van der Waals surface area contributed by atoms with Crippen LogP contribution in [-0.4, -0.2) is 36.5 Å². The van der Waals surface area contributed by atoms with Gasteiger partial charge in [-0.3, -0.25) is 4.79 Å². The van der Waals surface area contributed by atoms with Crippen molar-refractivity contribution in [2.45, 2.75) is 19.0 Å². The summed E-state index contributed by atoms with van der Waals surface area (Å²) in [4.78, 5) is 24.9. The van der Waals surface area contributed by atoms with E-state index in [1.165, 1.54) is 6.07 Å². The summed E-state index contributed by atoms with van der Waals surface area (Å²) in [5.41, 5.74) is 0.387. The fourth-order valence-corrected chi connectivity index (χ4v) is 2.34. The highest BCUT2D eigenvalue weighted by atomic mass is 79.9. The topological polar surface area (TPSA) is 61.4 Å². The fourth-order valence-electron chi connectivity index (χ4n) is 2.01. The molecule has 0 aliphatic carbocycles. The first-order chi connectivity index (χ1) is 9.47. The molecule has 0 saturated carbocycles. The molecule has 0 aromatic heterocycles.